The zero-order valence-corrected chi connectivity index (χ0v) is 12.1. The van der Waals surface area contributed by atoms with Gasteiger partial charge in [0.2, 0.25) is 5.91 Å². The summed E-state index contributed by atoms with van der Waals surface area (Å²) >= 11 is 1.44. The third-order valence-corrected chi connectivity index (χ3v) is 4.45. The summed E-state index contributed by atoms with van der Waals surface area (Å²) in [4.78, 5) is 28.8. The molecule has 4 nitrogen and oxygen atoms in total. The highest BCUT2D eigenvalue weighted by Gasteiger charge is 2.20. The maximum Gasteiger partial charge on any atom is 0.223 e. The van der Waals surface area contributed by atoms with E-state index in [-0.39, 0.29) is 11.7 Å². The Hall–Kier alpha value is -1.20. The first kappa shape index (κ1) is 14.2. The Balaban J connectivity index is 1.74. The summed E-state index contributed by atoms with van der Waals surface area (Å²) in [5, 5.41) is 1.89. The van der Waals surface area contributed by atoms with Crippen molar-refractivity contribution >= 4 is 23.0 Å². The summed E-state index contributed by atoms with van der Waals surface area (Å²) in [5.41, 5.74) is 0. The minimum absolute atomic E-state index is 0.0792. The summed E-state index contributed by atoms with van der Waals surface area (Å²) in [6.45, 7) is 6.65. The van der Waals surface area contributed by atoms with E-state index in [9.17, 15) is 9.59 Å². The molecule has 1 aliphatic heterocycles. The second-order valence-corrected chi connectivity index (χ2v) is 5.66. The Morgan fingerprint density at radius 2 is 1.95 bits per heavy atom. The number of Topliss-reactive ketones (excluding diaryl/α,β-unsaturated/α-hetero) is 1. The molecule has 0 bridgehead atoms. The molecule has 1 fully saturated rings. The lowest BCUT2D eigenvalue weighted by Gasteiger charge is -2.34. The molecule has 1 aromatic heterocycles. The molecule has 5 heteroatoms. The third kappa shape index (κ3) is 3.88. The quantitative estimate of drug-likeness (QED) is 0.773. The number of piperazine rings is 1. The average molecular weight is 280 g/mol. The molecular formula is C14H20N2O2S. The summed E-state index contributed by atoms with van der Waals surface area (Å²) in [7, 11) is 0. The lowest BCUT2D eigenvalue weighted by atomic mass is 10.1. The zero-order valence-electron chi connectivity index (χ0n) is 11.3. The van der Waals surface area contributed by atoms with Gasteiger partial charge >= 0.3 is 0 Å². The highest BCUT2D eigenvalue weighted by molar-refractivity contribution is 7.12. The van der Waals surface area contributed by atoms with Gasteiger partial charge in [0.05, 0.1) is 4.88 Å². The van der Waals surface area contributed by atoms with Gasteiger partial charge < -0.3 is 9.80 Å². The van der Waals surface area contributed by atoms with E-state index < -0.39 is 0 Å². The fourth-order valence-electron chi connectivity index (χ4n) is 2.25. The van der Waals surface area contributed by atoms with Gasteiger partial charge in [-0.15, -0.1) is 11.3 Å². The van der Waals surface area contributed by atoms with Crippen LogP contribution >= 0.6 is 11.3 Å². The van der Waals surface area contributed by atoms with Gasteiger partial charge in [0.1, 0.15) is 0 Å². The summed E-state index contributed by atoms with van der Waals surface area (Å²) in [6.07, 6.45) is 0.663. The van der Waals surface area contributed by atoms with Gasteiger partial charge in [0, 0.05) is 39.0 Å². The molecule has 1 aliphatic rings. The SMILES string of the molecule is CCN1CCN(C(=O)CCC(=O)c2cccs2)CC1. The molecule has 2 rings (SSSR count). The third-order valence-electron chi connectivity index (χ3n) is 3.53. The first-order chi connectivity index (χ1) is 9.20. The second kappa shape index (κ2) is 6.82. The zero-order chi connectivity index (χ0) is 13.7. The van der Waals surface area contributed by atoms with Crippen LogP contribution in [-0.4, -0.2) is 54.2 Å². The molecule has 0 unspecified atom stereocenters. The lowest BCUT2D eigenvalue weighted by Crippen LogP contribution is -2.48. The number of carbonyl (C=O) groups is 2. The number of amides is 1. The molecule has 1 saturated heterocycles. The van der Waals surface area contributed by atoms with Gasteiger partial charge in [-0.3, -0.25) is 9.59 Å². The van der Waals surface area contributed by atoms with E-state index in [0.29, 0.717) is 12.8 Å². The standard InChI is InChI=1S/C14H20N2O2S/c1-2-15-7-9-16(10-8-15)14(18)6-5-12(17)13-4-3-11-19-13/h3-4,11H,2,5-10H2,1H3. The number of nitrogens with zero attached hydrogens (tertiary/aromatic N) is 2. The highest BCUT2D eigenvalue weighted by Crippen LogP contribution is 2.13. The first-order valence-corrected chi connectivity index (χ1v) is 7.65. The van der Waals surface area contributed by atoms with Crippen molar-refractivity contribution in [3.8, 4) is 0 Å². The predicted octanol–water partition coefficient (Wildman–Crippen LogP) is 1.88. The van der Waals surface area contributed by atoms with Crippen LogP contribution in [0.3, 0.4) is 0 Å². The Labute approximate surface area is 118 Å². The topological polar surface area (TPSA) is 40.6 Å². The van der Waals surface area contributed by atoms with Crippen LogP contribution in [0.2, 0.25) is 0 Å². The Morgan fingerprint density at radius 3 is 2.53 bits per heavy atom. The van der Waals surface area contributed by atoms with Crippen molar-refractivity contribution in [3.05, 3.63) is 22.4 Å². The van der Waals surface area contributed by atoms with E-state index in [0.717, 1.165) is 37.6 Å². The number of ketones is 1. The Morgan fingerprint density at radius 1 is 1.21 bits per heavy atom. The van der Waals surface area contributed by atoms with E-state index in [1.807, 2.05) is 22.4 Å². The van der Waals surface area contributed by atoms with Gasteiger partial charge in [-0.2, -0.15) is 0 Å². The fourth-order valence-corrected chi connectivity index (χ4v) is 2.95. The minimum atomic E-state index is 0.0792. The Kier molecular flexibility index (Phi) is 5.10. The molecular weight excluding hydrogens is 260 g/mol. The van der Waals surface area contributed by atoms with Crippen molar-refractivity contribution < 1.29 is 9.59 Å². The van der Waals surface area contributed by atoms with Crippen molar-refractivity contribution in [2.24, 2.45) is 0 Å². The lowest BCUT2D eigenvalue weighted by molar-refractivity contribution is -0.132. The van der Waals surface area contributed by atoms with E-state index in [2.05, 4.69) is 11.8 Å². The summed E-state index contributed by atoms with van der Waals surface area (Å²) < 4.78 is 0. The average Bonchev–Trinajstić information content (AvgIpc) is 2.98. The summed E-state index contributed by atoms with van der Waals surface area (Å²) in [6, 6.07) is 3.68. The van der Waals surface area contributed by atoms with Crippen molar-refractivity contribution in [3.63, 3.8) is 0 Å². The van der Waals surface area contributed by atoms with E-state index in [1.54, 1.807) is 0 Å². The number of hydrogen-bond acceptors (Lipinski definition) is 4. The van der Waals surface area contributed by atoms with Crippen LogP contribution in [0.5, 0.6) is 0 Å². The molecule has 1 aromatic rings. The van der Waals surface area contributed by atoms with E-state index in [1.165, 1.54) is 11.3 Å². The van der Waals surface area contributed by atoms with Gasteiger partial charge in [-0.25, -0.2) is 0 Å². The molecule has 2 heterocycles. The van der Waals surface area contributed by atoms with Gasteiger partial charge in [-0.1, -0.05) is 13.0 Å². The molecule has 104 valence electrons. The predicted molar refractivity (Wildman–Crippen MR) is 76.6 cm³/mol. The highest BCUT2D eigenvalue weighted by atomic mass is 32.1. The number of hydrogen-bond donors (Lipinski definition) is 0. The molecule has 0 aromatic carbocycles. The van der Waals surface area contributed by atoms with Crippen LogP contribution in [0.15, 0.2) is 17.5 Å². The monoisotopic (exact) mass is 280 g/mol. The summed E-state index contributed by atoms with van der Waals surface area (Å²) in [5.74, 6) is 0.191. The molecule has 0 saturated carbocycles. The first-order valence-electron chi connectivity index (χ1n) is 6.77. The fraction of sp³-hybridized carbons (Fsp3) is 0.571. The molecule has 0 N–H and O–H groups in total. The van der Waals surface area contributed by atoms with Crippen LogP contribution in [-0.2, 0) is 4.79 Å². The van der Waals surface area contributed by atoms with E-state index >= 15 is 0 Å². The van der Waals surface area contributed by atoms with Gasteiger partial charge in [0.15, 0.2) is 5.78 Å². The molecule has 0 spiro atoms. The van der Waals surface area contributed by atoms with E-state index in [4.69, 9.17) is 0 Å². The second-order valence-electron chi connectivity index (χ2n) is 4.72. The molecule has 0 aliphatic carbocycles. The maximum absolute atomic E-state index is 12.0. The van der Waals surface area contributed by atoms with Crippen LogP contribution in [0.4, 0.5) is 0 Å². The maximum atomic E-state index is 12.0. The van der Waals surface area contributed by atoms with Crippen molar-refractivity contribution in [1.29, 1.82) is 0 Å². The molecule has 0 radical (unpaired) electrons. The normalized spacial score (nSPS) is 16.6. The number of carbonyl (C=O) groups excluding carboxylic acids is 2. The number of thiophene rings is 1. The van der Waals surface area contributed by atoms with Crippen LogP contribution in [0.25, 0.3) is 0 Å². The van der Waals surface area contributed by atoms with Crippen LogP contribution in [0, 0.1) is 0 Å². The molecule has 19 heavy (non-hydrogen) atoms. The van der Waals surface area contributed by atoms with Crippen molar-refractivity contribution in [2.45, 2.75) is 19.8 Å². The van der Waals surface area contributed by atoms with Crippen molar-refractivity contribution in [2.75, 3.05) is 32.7 Å². The van der Waals surface area contributed by atoms with Crippen molar-refractivity contribution in [1.82, 2.24) is 9.80 Å². The molecule has 0 atom stereocenters. The number of likely N-dealkylation sites (N-methyl/N-ethyl adjacent to an activating group) is 1. The van der Waals surface area contributed by atoms with Crippen LogP contribution in [0.1, 0.15) is 29.4 Å². The van der Waals surface area contributed by atoms with Crippen LogP contribution < -0.4 is 0 Å². The molecule has 1 amide bonds. The number of rotatable bonds is 5. The largest absolute Gasteiger partial charge is 0.340 e. The van der Waals surface area contributed by atoms with Gasteiger partial charge in [0.25, 0.3) is 0 Å². The minimum Gasteiger partial charge on any atom is -0.340 e. The smallest absolute Gasteiger partial charge is 0.223 e. The van der Waals surface area contributed by atoms with Gasteiger partial charge in [-0.05, 0) is 18.0 Å². The Bertz CT molecular complexity index is 423.